The Bertz CT molecular complexity index is 2240. The third-order valence-electron chi connectivity index (χ3n) is 6.98. The molecule has 0 saturated carbocycles. The first-order chi connectivity index (χ1) is 25.8. The number of aliphatic hydroxyl groups excluding tert-OH is 2. The number of anilines is 2. The summed E-state index contributed by atoms with van der Waals surface area (Å²) in [6.07, 6.45) is -4.20. The lowest BCUT2D eigenvalue weighted by Gasteiger charge is -2.14. The number of nitrogens with one attached hydrogen (secondary N) is 1. The maximum absolute atomic E-state index is 12.5. The predicted octanol–water partition coefficient (Wildman–Crippen LogP) is 5.82. The quantitative estimate of drug-likeness (QED) is 0.0549. The van der Waals surface area contributed by atoms with Crippen molar-refractivity contribution in [1.29, 1.82) is 0 Å². The Morgan fingerprint density at radius 2 is 1.24 bits per heavy atom. The molecule has 0 aliphatic carbocycles. The molecule has 55 heavy (non-hydrogen) atoms. The highest BCUT2D eigenvalue weighted by atomic mass is 79.9. The average Bonchev–Trinajstić information content (AvgIpc) is 3.85. The van der Waals surface area contributed by atoms with Gasteiger partial charge in [-0.25, -0.2) is 24.6 Å². The summed E-state index contributed by atoms with van der Waals surface area (Å²) in [6.45, 7) is 0. The van der Waals surface area contributed by atoms with Crippen LogP contribution in [0, 0.1) is 20.2 Å². The summed E-state index contributed by atoms with van der Waals surface area (Å²) in [4.78, 5) is 35.5. The molecule has 0 aliphatic heterocycles. The molecule has 6 aromatic rings. The van der Waals surface area contributed by atoms with E-state index in [1.54, 1.807) is 6.20 Å². The van der Waals surface area contributed by atoms with Gasteiger partial charge in [0.15, 0.2) is 18.0 Å². The Kier molecular flexibility index (Phi) is 12.7. The molecule has 0 aliphatic rings. The molecule has 6 aromatic heterocycles. The second-order valence-corrected chi connectivity index (χ2v) is 11.4. The van der Waals surface area contributed by atoms with Gasteiger partial charge in [0.25, 0.3) is 0 Å². The van der Waals surface area contributed by atoms with Crippen molar-refractivity contribution in [2.45, 2.75) is 24.6 Å². The number of pyridine rings is 4. The van der Waals surface area contributed by atoms with Gasteiger partial charge < -0.3 is 21.7 Å². The first-order valence-corrected chi connectivity index (χ1v) is 15.5. The van der Waals surface area contributed by atoms with Crippen molar-refractivity contribution < 1.29 is 46.4 Å². The van der Waals surface area contributed by atoms with Crippen LogP contribution in [0.4, 0.5) is 49.4 Å². The van der Waals surface area contributed by atoms with E-state index in [9.17, 15) is 51.7 Å². The van der Waals surface area contributed by atoms with Gasteiger partial charge >= 0.3 is 23.7 Å². The highest BCUT2D eigenvalue weighted by Gasteiger charge is 2.40. The Morgan fingerprint density at radius 1 is 0.727 bits per heavy atom. The second-order valence-electron chi connectivity index (χ2n) is 10.6. The number of nitrogens with two attached hydrogens (primary N) is 2. The number of aromatic amines is 1. The highest BCUT2D eigenvalue weighted by Crippen LogP contribution is 2.35. The van der Waals surface area contributed by atoms with Gasteiger partial charge in [0.1, 0.15) is 4.60 Å². The van der Waals surface area contributed by atoms with Crippen molar-refractivity contribution in [2.24, 2.45) is 0 Å². The fourth-order valence-corrected chi connectivity index (χ4v) is 4.63. The molecule has 0 aromatic carbocycles. The molecule has 2 unspecified atom stereocenters. The van der Waals surface area contributed by atoms with Crippen molar-refractivity contribution in [3.05, 3.63) is 122 Å². The number of hydrogen-bond donors (Lipinski definition) is 5. The lowest BCUT2D eigenvalue weighted by atomic mass is 10.1. The SMILES string of the molecule is Nc1nccc(-c2cn[nH]c2)c1[N+](=O)[O-].Nc1nccc(-c2cnn(-c3ccc(C(O)C(F)(F)F)cn3)c2)c1[N+](=O)[O-].OC(c1ccc(Br)nc1)C(F)(F)F. The molecule has 0 saturated heterocycles. The molecule has 0 spiro atoms. The number of nitrogen functional groups attached to an aromatic ring is 2. The number of aromatic nitrogens is 8. The molecular weight excluding hydrogens is 818 g/mol. The van der Waals surface area contributed by atoms with E-state index in [2.05, 4.69) is 51.2 Å². The van der Waals surface area contributed by atoms with E-state index in [0.29, 0.717) is 21.3 Å². The average molecular weight is 841 g/mol. The van der Waals surface area contributed by atoms with Crippen LogP contribution in [0.2, 0.25) is 0 Å². The standard InChI is InChI=1S/C15H11F3N6O3.C8H7N5O2.C7H5BrF3NO/c16-15(17,18)13(25)8-1-2-11(21-5-8)23-7-9(6-22-23)10-3-4-20-14(19)12(10)24(26)27;9-8-7(13(14)15)6(1-2-10-8)5-3-11-12-4-5;8-5-2-1-4(3-12-5)6(13)7(9,10)11/h1-7,13,25H,(H2,19,20);1-4H,(H2,9,10)(H,11,12);1-3,6,13H. The van der Waals surface area contributed by atoms with Gasteiger partial charge in [0.05, 0.1) is 33.4 Å². The van der Waals surface area contributed by atoms with Crippen LogP contribution in [-0.4, -0.2) is 72.3 Å². The summed E-state index contributed by atoms with van der Waals surface area (Å²) in [5, 5.41) is 50.3. The van der Waals surface area contributed by atoms with E-state index in [1.165, 1.54) is 59.9 Å². The topological polar surface area (TPSA) is 277 Å². The predicted molar refractivity (Wildman–Crippen MR) is 183 cm³/mol. The van der Waals surface area contributed by atoms with Gasteiger partial charge in [-0.05, 0) is 40.2 Å². The van der Waals surface area contributed by atoms with Crippen LogP contribution in [0.15, 0.2) is 90.6 Å². The summed E-state index contributed by atoms with van der Waals surface area (Å²) >= 11 is 2.97. The van der Waals surface area contributed by atoms with E-state index in [4.69, 9.17) is 16.6 Å². The zero-order valence-electron chi connectivity index (χ0n) is 27.1. The summed E-state index contributed by atoms with van der Waals surface area (Å²) in [5.41, 5.74) is 11.3. The maximum Gasteiger partial charge on any atom is 0.418 e. The van der Waals surface area contributed by atoms with Crippen LogP contribution in [0.25, 0.3) is 28.1 Å². The lowest BCUT2D eigenvalue weighted by molar-refractivity contribution is -0.383. The molecule has 2 atom stereocenters. The molecule has 0 radical (unpaired) electrons. The van der Waals surface area contributed by atoms with E-state index >= 15 is 0 Å². The van der Waals surface area contributed by atoms with Crippen molar-refractivity contribution in [3.63, 3.8) is 0 Å². The van der Waals surface area contributed by atoms with Gasteiger partial charge in [0.2, 0.25) is 11.6 Å². The normalized spacial score (nSPS) is 12.4. The Morgan fingerprint density at radius 3 is 1.65 bits per heavy atom. The molecular formula is C30H23BrF6N12O6. The number of hydrogen-bond acceptors (Lipinski definition) is 14. The second kappa shape index (κ2) is 17.0. The van der Waals surface area contributed by atoms with Gasteiger partial charge in [-0.1, -0.05) is 12.1 Å². The molecule has 6 rings (SSSR count). The van der Waals surface area contributed by atoms with Crippen LogP contribution in [0.5, 0.6) is 0 Å². The van der Waals surface area contributed by atoms with Gasteiger partial charge in [-0.2, -0.15) is 36.5 Å². The third kappa shape index (κ3) is 10.3. The molecule has 18 nitrogen and oxygen atoms in total. The molecule has 0 bridgehead atoms. The molecule has 7 N–H and O–H groups in total. The largest absolute Gasteiger partial charge is 0.418 e. The van der Waals surface area contributed by atoms with E-state index in [1.807, 2.05) is 0 Å². The van der Waals surface area contributed by atoms with Crippen LogP contribution in [0.3, 0.4) is 0 Å². The Labute approximate surface area is 311 Å². The zero-order valence-corrected chi connectivity index (χ0v) is 28.7. The monoisotopic (exact) mass is 840 g/mol. The van der Waals surface area contributed by atoms with Crippen molar-refractivity contribution in [2.75, 3.05) is 11.5 Å². The van der Waals surface area contributed by atoms with Crippen LogP contribution in [0.1, 0.15) is 23.3 Å². The summed E-state index contributed by atoms with van der Waals surface area (Å²) < 4.78 is 75.0. The van der Waals surface area contributed by atoms with Gasteiger partial charge in [-0.15, -0.1) is 0 Å². The Hall–Kier alpha value is -6.60. The maximum atomic E-state index is 12.5. The number of H-pyrrole nitrogens is 1. The van der Waals surface area contributed by atoms with Gasteiger partial charge in [-0.3, -0.25) is 25.3 Å². The number of rotatable bonds is 7. The van der Waals surface area contributed by atoms with Crippen molar-refractivity contribution in [1.82, 2.24) is 39.9 Å². The van der Waals surface area contributed by atoms with E-state index in [-0.39, 0.29) is 40.0 Å². The number of nitrogens with zero attached hydrogens (tertiary/aromatic N) is 9. The minimum atomic E-state index is -4.80. The molecule has 6 heterocycles. The smallest absolute Gasteiger partial charge is 0.379 e. The van der Waals surface area contributed by atoms with Crippen LogP contribution < -0.4 is 11.5 Å². The van der Waals surface area contributed by atoms with Crippen LogP contribution >= 0.6 is 15.9 Å². The van der Waals surface area contributed by atoms with E-state index < -0.39 is 40.0 Å². The number of halogens is 7. The number of aliphatic hydroxyl groups is 2. The first kappa shape index (κ1) is 41.2. The summed E-state index contributed by atoms with van der Waals surface area (Å²) in [6, 6.07) is 7.72. The van der Waals surface area contributed by atoms with Crippen molar-refractivity contribution >= 4 is 38.9 Å². The highest BCUT2D eigenvalue weighted by molar-refractivity contribution is 9.10. The lowest BCUT2D eigenvalue weighted by Crippen LogP contribution is -2.20. The third-order valence-corrected chi connectivity index (χ3v) is 7.45. The van der Waals surface area contributed by atoms with Gasteiger partial charge in [0, 0.05) is 59.4 Å². The summed E-state index contributed by atoms with van der Waals surface area (Å²) in [5.74, 6) is -0.198. The molecule has 0 amide bonds. The molecule has 25 heteroatoms. The van der Waals surface area contributed by atoms with Crippen LogP contribution in [-0.2, 0) is 0 Å². The zero-order chi connectivity index (χ0) is 40.7. The fourth-order valence-electron chi connectivity index (χ4n) is 4.40. The van der Waals surface area contributed by atoms with E-state index in [0.717, 1.165) is 24.5 Å². The fraction of sp³-hybridized carbons (Fsp3) is 0.133. The first-order valence-electron chi connectivity index (χ1n) is 14.7. The Balaban J connectivity index is 0.000000202. The molecule has 288 valence electrons. The number of alkyl halides is 6. The summed E-state index contributed by atoms with van der Waals surface area (Å²) in [7, 11) is 0. The minimum Gasteiger partial charge on any atom is -0.379 e. The molecule has 0 fully saturated rings. The number of nitro groups is 2. The van der Waals surface area contributed by atoms with Crippen molar-refractivity contribution in [3.8, 4) is 28.1 Å². The minimum absolute atomic E-state index is 0.0984.